The van der Waals surface area contributed by atoms with Crippen LogP contribution in [0.15, 0.2) is 90.9 Å². The van der Waals surface area contributed by atoms with Crippen molar-refractivity contribution in [3.05, 3.63) is 119 Å². The number of aliphatic carboxylic acids is 1. The van der Waals surface area contributed by atoms with Gasteiger partial charge in [0.2, 0.25) is 0 Å². The maximum Gasteiger partial charge on any atom is 0.355 e. The number of allylic oxidation sites excluding steroid dienone is 1. The number of carbonyl (C=O) groups excluding carboxylic acids is 1. The van der Waals surface area contributed by atoms with Crippen molar-refractivity contribution >= 4 is 23.6 Å². The topological polar surface area (TPSA) is 267 Å². The number of hydrogen-bond donors (Lipinski definition) is 10. The summed E-state index contributed by atoms with van der Waals surface area (Å²) in [5, 5.41) is 97.0. The van der Waals surface area contributed by atoms with Crippen molar-refractivity contribution in [2.45, 2.75) is 98.6 Å². The Labute approximate surface area is 356 Å². The highest BCUT2D eigenvalue weighted by atomic mass is 16.8. The number of imidazole rings is 1. The number of anilines is 1. The molecule has 3 aromatic carbocycles. The Hall–Kier alpha value is -5.59. The molecule has 1 saturated heterocycles. The highest BCUT2D eigenvalue weighted by molar-refractivity contribution is 6.13. The van der Waals surface area contributed by atoms with Crippen LogP contribution in [0, 0.1) is 5.92 Å². The number of fused-ring (bicyclic) bond motifs is 3. The van der Waals surface area contributed by atoms with Gasteiger partial charge in [-0.05, 0) is 78.6 Å². The zero-order valence-corrected chi connectivity index (χ0v) is 33.7. The number of amides is 1. The maximum absolute atomic E-state index is 15.0. The third-order valence-corrected chi connectivity index (χ3v) is 13.2. The first-order valence-electron chi connectivity index (χ1n) is 20.8. The van der Waals surface area contributed by atoms with Crippen molar-refractivity contribution in [3.63, 3.8) is 0 Å². The van der Waals surface area contributed by atoms with Gasteiger partial charge in [0.15, 0.2) is 23.1 Å². The van der Waals surface area contributed by atoms with Gasteiger partial charge in [-0.15, -0.1) is 0 Å². The van der Waals surface area contributed by atoms with Gasteiger partial charge in [0.25, 0.3) is 5.91 Å². The molecule has 1 saturated carbocycles. The van der Waals surface area contributed by atoms with Gasteiger partial charge in [-0.3, -0.25) is 9.69 Å². The predicted molar refractivity (Wildman–Crippen MR) is 222 cm³/mol. The molecule has 1 amide bonds. The number of hydrogen-bond acceptors (Lipinski definition) is 13. The molecule has 10 N–H and O–H groups in total. The van der Waals surface area contributed by atoms with E-state index in [0.717, 1.165) is 47.1 Å². The molecule has 0 spiro atoms. The second kappa shape index (κ2) is 16.9. The summed E-state index contributed by atoms with van der Waals surface area (Å²) in [6, 6.07) is 17.1. The SMILES string of the molecule is O=C(/C=C/c1ccc(O)c(Cc2cnc[nH]2)c1)N1c2cc(O[C@]3(O)O[C@H](CO)[C@@H](O)[C@H](O)[C@H]3O)c(O)cc2[C@H]2[C@H](C3(c4ccccc4)CCCCC3)C(CCCO)=C[C@]21C(=O)O. The van der Waals surface area contributed by atoms with Gasteiger partial charge in [-0.2, -0.15) is 0 Å². The van der Waals surface area contributed by atoms with Gasteiger partial charge in [-0.1, -0.05) is 61.2 Å². The Morgan fingerprint density at radius 1 is 0.952 bits per heavy atom. The lowest BCUT2D eigenvalue weighted by Gasteiger charge is -2.47. The summed E-state index contributed by atoms with van der Waals surface area (Å²) in [4.78, 5) is 37.4. The minimum atomic E-state index is -3.14. The number of phenolic OH excluding ortho intramolecular Hbond substituents is 2. The number of ether oxygens (including phenoxy) is 2. The molecular formula is C46H51N3O13. The van der Waals surface area contributed by atoms with Crippen molar-refractivity contribution in [1.82, 2.24) is 9.97 Å². The first-order valence-corrected chi connectivity index (χ1v) is 20.8. The number of phenols is 2. The second-order valence-corrected chi connectivity index (χ2v) is 16.7. The minimum absolute atomic E-state index is 0.000148. The van der Waals surface area contributed by atoms with Crippen LogP contribution < -0.4 is 9.64 Å². The molecule has 0 bridgehead atoms. The maximum atomic E-state index is 15.0. The average molecular weight is 854 g/mol. The number of aromatic amines is 1. The molecule has 16 heteroatoms. The van der Waals surface area contributed by atoms with Crippen LogP contribution in [0.1, 0.15) is 78.8 Å². The molecule has 2 aliphatic carbocycles. The number of rotatable bonds is 13. The molecule has 0 unspecified atom stereocenters. The van der Waals surface area contributed by atoms with E-state index in [2.05, 4.69) is 9.97 Å². The molecule has 3 heterocycles. The number of aliphatic hydroxyl groups excluding tert-OH is 5. The minimum Gasteiger partial charge on any atom is -0.508 e. The molecule has 8 atom stereocenters. The number of H-pyrrole nitrogens is 1. The van der Waals surface area contributed by atoms with E-state index in [-0.39, 0.29) is 23.6 Å². The number of aromatic hydroxyl groups is 2. The normalized spacial score (nSPS) is 29.0. The van der Waals surface area contributed by atoms with E-state index in [1.807, 2.05) is 30.3 Å². The van der Waals surface area contributed by atoms with Crippen LogP contribution in [-0.4, -0.2) is 117 Å². The summed E-state index contributed by atoms with van der Waals surface area (Å²) >= 11 is 0. The quantitative estimate of drug-likeness (QED) is 0.0527. The molecule has 1 aromatic heterocycles. The molecule has 8 rings (SSSR count). The summed E-state index contributed by atoms with van der Waals surface area (Å²) in [6.07, 6.45) is 4.68. The van der Waals surface area contributed by atoms with Crippen molar-refractivity contribution in [1.29, 1.82) is 0 Å². The predicted octanol–water partition coefficient (Wildman–Crippen LogP) is 3.11. The van der Waals surface area contributed by atoms with Crippen molar-refractivity contribution in [2.75, 3.05) is 18.1 Å². The van der Waals surface area contributed by atoms with E-state index in [1.54, 1.807) is 24.4 Å². The van der Waals surface area contributed by atoms with Gasteiger partial charge in [0.1, 0.15) is 24.1 Å². The third kappa shape index (κ3) is 7.24. The molecule has 4 aliphatic rings. The van der Waals surface area contributed by atoms with Gasteiger partial charge in [0.05, 0.1) is 18.6 Å². The third-order valence-electron chi connectivity index (χ3n) is 13.2. The summed E-state index contributed by atoms with van der Waals surface area (Å²) in [5.74, 6) is -8.01. The Morgan fingerprint density at radius 3 is 2.39 bits per heavy atom. The number of carboxylic acid groups (broad SMARTS) is 1. The van der Waals surface area contributed by atoms with Gasteiger partial charge in [-0.25, -0.2) is 9.78 Å². The van der Waals surface area contributed by atoms with Crippen LogP contribution in [0.25, 0.3) is 6.08 Å². The fraction of sp³-hybridized carbons (Fsp3) is 0.413. The average Bonchev–Trinajstić information content (AvgIpc) is 3.98. The van der Waals surface area contributed by atoms with Crippen molar-refractivity contribution in [3.8, 4) is 17.2 Å². The fourth-order valence-electron chi connectivity index (χ4n) is 10.4. The molecule has 4 aromatic rings. The smallest absolute Gasteiger partial charge is 0.355 e. The first-order chi connectivity index (χ1) is 29.8. The molecular weight excluding hydrogens is 803 g/mol. The summed E-state index contributed by atoms with van der Waals surface area (Å²) < 4.78 is 11.0. The van der Waals surface area contributed by atoms with E-state index >= 15 is 0 Å². The van der Waals surface area contributed by atoms with E-state index < -0.39 is 83.2 Å². The summed E-state index contributed by atoms with van der Waals surface area (Å²) in [5.41, 5.74) is 1.11. The number of carboxylic acids is 1. The molecule has 2 aliphatic heterocycles. The van der Waals surface area contributed by atoms with Crippen LogP contribution in [0.2, 0.25) is 0 Å². The van der Waals surface area contributed by atoms with Crippen LogP contribution >= 0.6 is 0 Å². The van der Waals surface area contributed by atoms with Crippen molar-refractivity contribution in [2.24, 2.45) is 5.92 Å². The number of nitrogens with zero attached hydrogens (tertiary/aromatic N) is 2. The fourth-order valence-corrected chi connectivity index (χ4v) is 10.4. The van der Waals surface area contributed by atoms with Crippen LogP contribution in [0.3, 0.4) is 0 Å². The molecule has 2 fully saturated rings. The lowest BCUT2D eigenvalue weighted by Crippen LogP contribution is -2.67. The molecule has 62 heavy (non-hydrogen) atoms. The van der Waals surface area contributed by atoms with E-state index in [0.29, 0.717) is 43.2 Å². The Morgan fingerprint density at radius 2 is 1.71 bits per heavy atom. The van der Waals surface area contributed by atoms with Crippen LogP contribution in [-0.2, 0) is 26.2 Å². The lowest BCUT2D eigenvalue weighted by molar-refractivity contribution is -0.422. The van der Waals surface area contributed by atoms with E-state index in [1.165, 1.54) is 30.6 Å². The summed E-state index contributed by atoms with van der Waals surface area (Å²) in [7, 11) is 0. The van der Waals surface area contributed by atoms with E-state index in [9.17, 15) is 55.5 Å². The molecule has 0 radical (unpaired) electrons. The second-order valence-electron chi connectivity index (χ2n) is 16.7. The largest absolute Gasteiger partial charge is 0.508 e. The zero-order chi connectivity index (χ0) is 44.0. The number of carbonyl (C=O) groups is 2. The van der Waals surface area contributed by atoms with Crippen molar-refractivity contribution < 1.29 is 65.0 Å². The number of benzene rings is 3. The Balaban J connectivity index is 1.29. The highest BCUT2D eigenvalue weighted by Gasteiger charge is 2.67. The van der Waals surface area contributed by atoms with Gasteiger partial charge < -0.3 is 60.4 Å². The number of aliphatic hydroxyl groups is 6. The van der Waals surface area contributed by atoms with Crippen LogP contribution in [0.4, 0.5) is 5.69 Å². The monoisotopic (exact) mass is 853 g/mol. The lowest BCUT2D eigenvalue weighted by atomic mass is 9.56. The first kappa shape index (κ1) is 43.1. The molecule has 16 nitrogen and oxygen atoms in total. The highest BCUT2D eigenvalue weighted by Crippen LogP contribution is 2.66. The Kier molecular flexibility index (Phi) is 11.8. The zero-order valence-electron chi connectivity index (χ0n) is 33.7. The molecule has 328 valence electrons. The number of aromatic nitrogens is 2. The summed E-state index contributed by atoms with van der Waals surface area (Å²) in [6.45, 7) is -1.06. The van der Waals surface area contributed by atoms with Gasteiger partial charge >= 0.3 is 11.9 Å². The standard InChI is InChI=1S/C46H51N3O13/c50-17-7-8-27-22-45(43(58)59)39(38(27)44(15-5-2-6-16-44)29-9-3-1-4-10-29)31-20-34(53)35(61-46(60)42(57)41(56)40(55)36(24-51)62-46)21-32(31)49(45)37(54)14-12-26-11-13-33(52)28(18-26)19-30-23-47-25-48-30/h1,3-4,9-14,18,20-23,25,36,38-42,50-53,55-57,60H,2,5-8,15-17,19,24H2,(H,47,48)(H,58,59)/b14-12+/t36-,38-,39+,40-,41+,42-,45-,46+/m1/s1. The van der Waals surface area contributed by atoms with Crippen LogP contribution in [0.5, 0.6) is 17.2 Å². The Bertz CT molecular complexity index is 2340. The van der Waals surface area contributed by atoms with E-state index in [4.69, 9.17) is 9.47 Å². The number of nitrogens with one attached hydrogen (secondary N) is 1. The van der Waals surface area contributed by atoms with Gasteiger partial charge in [0, 0.05) is 54.0 Å².